The molecular formula is C11H14BrFO3S. The summed E-state index contributed by atoms with van der Waals surface area (Å²) < 4.78 is 41.1. The van der Waals surface area contributed by atoms with Gasteiger partial charge in [0.1, 0.15) is 6.61 Å². The van der Waals surface area contributed by atoms with Crippen molar-refractivity contribution in [3.8, 4) is 5.75 Å². The number of para-hydroxylation sites is 1. The van der Waals surface area contributed by atoms with Crippen molar-refractivity contribution in [2.45, 2.75) is 12.3 Å². The first-order valence-electron chi connectivity index (χ1n) is 5.16. The van der Waals surface area contributed by atoms with Gasteiger partial charge in [-0.15, -0.1) is 0 Å². The average molecular weight is 325 g/mol. The van der Waals surface area contributed by atoms with Crippen molar-refractivity contribution in [3.63, 3.8) is 0 Å². The molecule has 3 nitrogen and oxygen atoms in total. The second kappa shape index (κ2) is 6.35. The van der Waals surface area contributed by atoms with E-state index in [0.29, 0.717) is 10.9 Å². The van der Waals surface area contributed by atoms with Crippen LogP contribution in [-0.4, -0.2) is 26.5 Å². The van der Waals surface area contributed by atoms with Crippen molar-refractivity contribution in [1.29, 1.82) is 0 Å². The minimum absolute atomic E-state index is 0.0306. The molecule has 0 aliphatic rings. The Hall–Kier alpha value is -0.620. The molecule has 0 saturated heterocycles. The van der Waals surface area contributed by atoms with Crippen LogP contribution in [0.25, 0.3) is 0 Å². The summed E-state index contributed by atoms with van der Waals surface area (Å²) in [5, 5.41) is 0.459. The normalized spacial score (nSPS) is 11.5. The van der Waals surface area contributed by atoms with Gasteiger partial charge >= 0.3 is 0 Å². The lowest BCUT2D eigenvalue weighted by molar-refractivity contribution is 0.319. The van der Waals surface area contributed by atoms with E-state index in [1.165, 1.54) is 6.07 Å². The van der Waals surface area contributed by atoms with Crippen molar-refractivity contribution in [3.05, 3.63) is 29.6 Å². The molecule has 1 aromatic rings. The third-order valence-corrected chi connectivity index (χ3v) is 4.55. The molecule has 0 heterocycles. The molecule has 0 N–H and O–H groups in total. The van der Waals surface area contributed by atoms with Gasteiger partial charge < -0.3 is 4.74 Å². The fourth-order valence-electron chi connectivity index (χ4n) is 1.24. The molecular weight excluding hydrogens is 311 g/mol. The number of hydrogen-bond acceptors (Lipinski definition) is 3. The molecule has 0 bridgehead atoms. The van der Waals surface area contributed by atoms with Crippen molar-refractivity contribution >= 4 is 25.8 Å². The number of benzene rings is 1. The number of rotatable bonds is 6. The first kappa shape index (κ1) is 14.4. The zero-order valence-electron chi connectivity index (χ0n) is 9.45. The Kier molecular flexibility index (Phi) is 5.39. The second-order valence-corrected chi connectivity index (χ2v) is 6.48. The fraction of sp³-hybridized carbons (Fsp3) is 0.455. The third-order valence-electron chi connectivity index (χ3n) is 2.27. The minimum Gasteiger partial charge on any atom is -0.489 e. The molecule has 0 aliphatic heterocycles. The van der Waals surface area contributed by atoms with Gasteiger partial charge in [-0.05, 0) is 6.07 Å². The van der Waals surface area contributed by atoms with Gasteiger partial charge in [0, 0.05) is 16.6 Å². The van der Waals surface area contributed by atoms with Gasteiger partial charge in [0.05, 0.1) is 5.75 Å². The van der Waals surface area contributed by atoms with Crippen molar-refractivity contribution in [2.24, 2.45) is 0 Å². The summed E-state index contributed by atoms with van der Waals surface area (Å²) in [6, 6.07) is 4.60. The second-order valence-electron chi connectivity index (χ2n) is 3.45. The van der Waals surface area contributed by atoms with Crippen LogP contribution in [0.2, 0.25) is 0 Å². The molecule has 0 aromatic heterocycles. The first-order valence-corrected chi connectivity index (χ1v) is 8.11. The summed E-state index contributed by atoms with van der Waals surface area (Å²) in [5.74, 6) is -0.384. The number of sulfone groups is 1. The fourth-order valence-corrected chi connectivity index (χ4v) is 2.30. The van der Waals surface area contributed by atoms with Crippen LogP contribution in [0, 0.1) is 5.82 Å². The predicted octanol–water partition coefficient (Wildman–Crippen LogP) is 2.53. The molecule has 0 unspecified atom stereocenters. The zero-order valence-corrected chi connectivity index (χ0v) is 11.9. The summed E-state index contributed by atoms with van der Waals surface area (Å²) >= 11 is 3.22. The molecule has 0 radical (unpaired) electrons. The van der Waals surface area contributed by atoms with Crippen LogP contribution in [0.15, 0.2) is 18.2 Å². The Morgan fingerprint density at radius 3 is 2.71 bits per heavy atom. The topological polar surface area (TPSA) is 43.4 Å². The molecule has 0 atom stereocenters. The molecule has 96 valence electrons. The van der Waals surface area contributed by atoms with Crippen LogP contribution < -0.4 is 4.74 Å². The molecule has 0 aliphatic carbocycles. The molecule has 0 amide bonds. The smallest absolute Gasteiger partial charge is 0.165 e. The molecule has 0 spiro atoms. The van der Waals surface area contributed by atoms with E-state index in [0.717, 1.165) is 0 Å². The van der Waals surface area contributed by atoms with E-state index in [4.69, 9.17) is 4.74 Å². The molecule has 17 heavy (non-hydrogen) atoms. The summed E-state index contributed by atoms with van der Waals surface area (Å²) in [5.41, 5.74) is 0.666. The van der Waals surface area contributed by atoms with E-state index < -0.39 is 15.7 Å². The monoisotopic (exact) mass is 324 g/mol. The van der Waals surface area contributed by atoms with E-state index in [1.54, 1.807) is 19.1 Å². The quantitative estimate of drug-likeness (QED) is 0.755. The highest BCUT2D eigenvalue weighted by molar-refractivity contribution is 9.08. The number of ether oxygens (including phenoxy) is 1. The van der Waals surface area contributed by atoms with Crippen LogP contribution in [0.4, 0.5) is 4.39 Å². The van der Waals surface area contributed by atoms with Crippen LogP contribution in [-0.2, 0) is 15.2 Å². The highest BCUT2D eigenvalue weighted by atomic mass is 79.9. The van der Waals surface area contributed by atoms with Crippen molar-refractivity contribution < 1.29 is 17.5 Å². The highest BCUT2D eigenvalue weighted by Gasteiger charge is 2.11. The van der Waals surface area contributed by atoms with E-state index in [9.17, 15) is 12.8 Å². The molecule has 1 rings (SSSR count). The number of hydrogen-bond donors (Lipinski definition) is 0. The lowest BCUT2D eigenvalue weighted by atomic mass is 10.2. The predicted molar refractivity (Wildman–Crippen MR) is 68.9 cm³/mol. The molecule has 0 fully saturated rings. The van der Waals surface area contributed by atoms with Gasteiger partial charge in [0.2, 0.25) is 0 Å². The largest absolute Gasteiger partial charge is 0.489 e. The Morgan fingerprint density at radius 2 is 2.12 bits per heavy atom. The van der Waals surface area contributed by atoms with E-state index in [-0.39, 0.29) is 23.9 Å². The summed E-state index contributed by atoms with van der Waals surface area (Å²) in [6.45, 7) is 1.54. The van der Waals surface area contributed by atoms with Gasteiger partial charge in [0.15, 0.2) is 21.4 Å². The zero-order chi connectivity index (χ0) is 12.9. The third kappa shape index (κ3) is 4.27. The molecule has 1 aromatic carbocycles. The summed E-state index contributed by atoms with van der Waals surface area (Å²) in [7, 11) is -3.08. The van der Waals surface area contributed by atoms with Crippen LogP contribution in [0.5, 0.6) is 5.75 Å². The standard InChI is InChI=1S/C11H14BrFO3S/c1-2-17(14,15)7-6-16-11-9(8-12)4-3-5-10(11)13/h3-5H,2,6-8H2,1H3. The molecule has 6 heteroatoms. The SMILES string of the molecule is CCS(=O)(=O)CCOc1c(F)cccc1CBr. The maximum Gasteiger partial charge on any atom is 0.165 e. The Bertz CT molecular complexity index is 474. The summed E-state index contributed by atoms with van der Waals surface area (Å²) in [4.78, 5) is 0. The Morgan fingerprint density at radius 1 is 1.41 bits per heavy atom. The van der Waals surface area contributed by atoms with Gasteiger partial charge in [-0.25, -0.2) is 12.8 Å². The minimum atomic E-state index is -3.08. The summed E-state index contributed by atoms with van der Waals surface area (Å²) in [6.07, 6.45) is 0. The van der Waals surface area contributed by atoms with Crippen LogP contribution >= 0.6 is 15.9 Å². The van der Waals surface area contributed by atoms with Crippen LogP contribution in [0.3, 0.4) is 0 Å². The maximum absolute atomic E-state index is 13.4. The van der Waals surface area contributed by atoms with Gasteiger partial charge in [-0.2, -0.15) is 0 Å². The number of alkyl halides is 1. The lowest BCUT2D eigenvalue weighted by Gasteiger charge is -2.10. The highest BCUT2D eigenvalue weighted by Crippen LogP contribution is 2.24. The Balaban J connectivity index is 2.70. The van der Waals surface area contributed by atoms with Gasteiger partial charge in [-0.1, -0.05) is 35.0 Å². The number of halogens is 2. The van der Waals surface area contributed by atoms with Gasteiger partial charge in [-0.3, -0.25) is 0 Å². The van der Waals surface area contributed by atoms with Gasteiger partial charge in [0.25, 0.3) is 0 Å². The first-order chi connectivity index (χ1) is 8.00. The van der Waals surface area contributed by atoms with Crippen LogP contribution in [0.1, 0.15) is 12.5 Å². The van der Waals surface area contributed by atoms with E-state index in [2.05, 4.69) is 15.9 Å². The van der Waals surface area contributed by atoms with E-state index in [1.807, 2.05) is 0 Å². The Labute approximate surface area is 109 Å². The lowest BCUT2D eigenvalue weighted by Crippen LogP contribution is -2.16. The van der Waals surface area contributed by atoms with Crippen molar-refractivity contribution in [1.82, 2.24) is 0 Å². The average Bonchev–Trinajstić information content (AvgIpc) is 2.31. The van der Waals surface area contributed by atoms with Crippen molar-refractivity contribution in [2.75, 3.05) is 18.1 Å². The molecule has 0 saturated carbocycles. The van der Waals surface area contributed by atoms with E-state index >= 15 is 0 Å². The maximum atomic E-state index is 13.4.